The van der Waals surface area contributed by atoms with Gasteiger partial charge >= 0.3 is 0 Å². The van der Waals surface area contributed by atoms with E-state index in [2.05, 4.69) is 42.5 Å². The SMILES string of the molecule is CC12CC3CC(C1)CC(c1nncn1C(C)(C)C)(C3)C2. The molecule has 4 aliphatic rings. The first-order valence-corrected chi connectivity index (χ1v) is 8.21. The fourth-order valence-electron chi connectivity index (χ4n) is 6.07. The third kappa shape index (κ3) is 1.71. The van der Waals surface area contributed by atoms with Crippen molar-refractivity contribution in [3.05, 3.63) is 12.2 Å². The van der Waals surface area contributed by atoms with E-state index >= 15 is 0 Å². The molecule has 1 aromatic heterocycles. The number of rotatable bonds is 1. The maximum atomic E-state index is 4.62. The van der Waals surface area contributed by atoms with E-state index in [1.807, 2.05) is 6.33 Å². The minimum Gasteiger partial charge on any atom is -0.312 e. The first kappa shape index (κ1) is 12.8. The van der Waals surface area contributed by atoms with Crippen LogP contribution >= 0.6 is 0 Å². The Balaban J connectivity index is 1.81. The van der Waals surface area contributed by atoms with Gasteiger partial charge in [0.2, 0.25) is 0 Å². The Morgan fingerprint density at radius 2 is 1.80 bits per heavy atom. The van der Waals surface area contributed by atoms with Gasteiger partial charge in [0.25, 0.3) is 0 Å². The number of hydrogen-bond acceptors (Lipinski definition) is 2. The zero-order chi connectivity index (χ0) is 14.2. The molecule has 1 aromatic rings. The molecule has 2 unspecified atom stereocenters. The quantitative estimate of drug-likeness (QED) is 0.777. The van der Waals surface area contributed by atoms with Crippen molar-refractivity contribution in [2.24, 2.45) is 17.3 Å². The second-order valence-corrected chi connectivity index (χ2v) is 9.25. The minimum absolute atomic E-state index is 0.0864. The summed E-state index contributed by atoms with van der Waals surface area (Å²) in [5.41, 5.74) is 0.977. The predicted molar refractivity (Wildman–Crippen MR) is 79.5 cm³/mol. The molecule has 0 aromatic carbocycles. The molecular formula is C17H27N3. The van der Waals surface area contributed by atoms with Crippen LogP contribution in [0.1, 0.15) is 72.0 Å². The lowest BCUT2D eigenvalue weighted by Gasteiger charge is -2.61. The summed E-state index contributed by atoms with van der Waals surface area (Å²) in [6.45, 7) is 9.32. The molecular weight excluding hydrogens is 246 g/mol. The highest BCUT2D eigenvalue weighted by Gasteiger charge is 2.58. The summed E-state index contributed by atoms with van der Waals surface area (Å²) in [5.74, 6) is 3.16. The van der Waals surface area contributed by atoms with E-state index in [0.717, 1.165) is 11.8 Å². The van der Waals surface area contributed by atoms with Crippen molar-refractivity contribution in [1.82, 2.24) is 14.8 Å². The van der Waals surface area contributed by atoms with Gasteiger partial charge in [0.15, 0.2) is 0 Å². The maximum absolute atomic E-state index is 4.62. The largest absolute Gasteiger partial charge is 0.312 e. The highest BCUT2D eigenvalue weighted by atomic mass is 15.3. The molecule has 4 saturated carbocycles. The lowest BCUT2D eigenvalue weighted by atomic mass is 9.44. The van der Waals surface area contributed by atoms with Crippen molar-refractivity contribution >= 4 is 0 Å². The molecule has 1 heterocycles. The fraction of sp³-hybridized carbons (Fsp3) is 0.882. The van der Waals surface area contributed by atoms with Crippen LogP contribution in [0.25, 0.3) is 0 Å². The van der Waals surface area contributed by atoms with Gasteiger partial charge in [-0.1, -0.05) is 6.92 Å². The average Bonchev–Trinajstić information content (AvgIpc) is 2.73. The lowest BCUT2D eigenvalue weighted by Crippen LogP contribution is -2.54. The molecule has 3 nitrogen and oxygen atoms in total. The Hall–Kier alpha value is -0.860. The molecule has 0 aliphatic heterocycles. The topological polar surface area (TPSA) is 30.7 Å². The van der Waals surface area contributed by atoms with Crippen LogP contribution in [-0.4, -0.2) is 14.8 Å². The fourth-order valence-corrected chi connectivity index (χ4v) is 6.07. The Morgan fingerprint density at radius 3 is 2.35 bits per heavy atom. The van der Waals surface area contributed by atoms with Gasteiger partial charge in [-0.2, -0.15) is 0 Å². The summed E-state index contributed by atoms with van der Waals surface area (Å²) in [6.07, 6.45) is 10.4. The van der Waals surface area contributed by atoms with Crippen molar-refractivity contribution in [3.8, 4) is 0 Å². The van der Waals surface area contributed by atoms with Gasteiger partial charge in [-0.25, -0.2) is 0 Å². The molecule has 110 valence electrons. The Kier molecular flexibility index (Phi) is 2.35. The van der Waals surface area contributed by atoms with Crippen LogP contribution in [0.2, 0.25) is 0 Å². The van der Waals surface area contributed by atoms with Gasteiger partial charge in [0, 0.05) is 11.0 Å². The van der Waals surface area contributed by atoms with Gasteiger partial charge in [0.1, 0.15) is 12.2 Å². The van der Waals surface area contributed by atoms with E-state index in [0.29, 0.717) is 10.8 Å². The van der Waals surface area contributed by atoms with E-state index in [9.17, 15) is 0 Å². The molecule has 0 N–H and O–H groups in total. The first-order valence-electron chi connectivity index (χ1n) is 8.21. The molecule has 2 atom stereocenters. The van der Waals surface area contributed by atoms with Crippen molar-refractivity contribution in [2.75, 3.05) is 0 Å². The van der Waals surface area contributed by atoms with Crippen molar-refractivity contribution < 1.29 is 0 Å². The molecule has 4 fully saturated rings. The normalized spacial score (nSPS) is 43.2. The summed E-state index contributed by atoms with van der Waals surface area (Å²) in [4.78, 5) is 0. The molecule has 4 aliphatic carbocycles. The van der Waals surface area contributed by atoms with Crippen LogP contribution in [-0.2, 0) is 11.0 Å². The first-order chi connectivity index (χ1) is 9.30. The van der Waals surface area contributed by atoms with Crippen molar-refractivity contribution in [2.45, 2.75) is 77.2 Å². The third-order valence-electron chi connectivity index (χ3n) is 6.10. The molecule has 0 saturated heterocycles. The summed E-state index contributed by atoms with van der Waals surface area (Å²) in [5, 5.41) is 8.90. The van der Waals surface area contributed by atoms with Gasteiger partial charge < -0.3 is 4.57 Å². The molecule has 20 heavy (non-hydrogen) atoms. The highest BCUT2D eigenvalue weighted by molar-refractivity contribution is 5.20. The van der Waals surface area contributed by atoms with Crippen molar-refractivity contribution in [3.63, 3.8) is 0 Å². The summed E-state index contributed by atoms with van der Waals surface area (Å²) < 4.78 is 2.35. The highest BCUT2D eigenvalue weighted by Crippen LogP contribution is 2.65. The van der Waals surface area contributed by atoms with E-state index in [1.54, 1.807) is 0 Å². The van der Waals surface area contributed by atoms with Gasteiger partial charge in [-0.3, -0.25) is 0 Å². The van der Waals surface area contributed by atoms with Gasteiger partial charge in [-0.15, -0.1) is 10.2 Å². The molecule has 3 heteroatoms. The molecule has 0 amide bonds. The minimum atomic E-state index is 0.0864. The van der Waals surface area contributed by atoms with Crippen LogP contribution in [0, 0.1) is 17.3 Å². The smallest absolute Gasteiger partial charge is 0.139 e. The Morgan fingerprint density at radius 1 is 1.15 bits per heavy atom. The molecule has 5 rings (SSSR count). The predicted octanol–water partition coefficient (Wildman–Crippen LogP) is 3.89. The van der Waals surface area contributed by atoms with E-state index < -0.39 is 0 Å². The van der Waals surface area contributed by atoms with Crippen LogP contribution in [0.4, 0.5) is 0 Å². The van der Waals surface area contributed by atoms with Gasteiger partial charge in [-0.05, 0) is 76.5 Å². The van der Waals surface area contributed by atoms with Crippen LogP contribution in [0.5, 0.6) is 0 Å². The summed E-state index contributed by atoms with van der Waals surface area (Å²) >= 11 is 0. The molecule has 0 radical (unpaired) electrons. The Labute approximate surface area is 122 Å². The lowest BCUT2D eigenvalue weighted by molar-refractivity contribution is -0.0670. The third-order valence-corrected chi connectivity index (χ3v) is 6.10. The zero-order valence-corrected chi connectivity index (χ0v) is 13.3. The second kappa shape index (κ2) is 3.66. The number of aromatic nitrogens is 3. The van der Waals surface area contributed by atoms with Gasteiger partial charge in [0.05, 0.1) is 0 Å². The molecule has 0 spiro atoms. The average molecular weight is 273 g/mol. The van der Waals surface area contributed by atoms with Crippen LogP contribution < -0.4 is 0 Å². The summed E-state index contributed by atoms with van der Waals surface area (Å²) in [7, 11) is 0. The maximum Gasteiger partial charge on any atom is 0.139 e. The van der Waals surface area contributed by atoms with E-state index in [1.165, 1.54) is 44.3 Å². The monoisotopic (exact) mass is 273 g/mol. The standard InChI is InChI=1S/C17H27N3/c1-15(2,3)20-11-18-19-14(20)17-8-12-5-13(9-17)7-16(4,6-12)10-17/h11-13H,5-10H2,1-4H3. The summed E-state index contributed by atoms with van der Waals surface area (Å²) in [6, 6.07) is 0. The van der Waals surface area contributed by atoms with E-state index in [4.69, 9.17) is 0 Å². The Bertz CT molecular complexity index is 523. The second-order valence-electron chi connectivity index (χ2n) is 9.25. The van der Waals surface area contributed by atoms with Crippen LogP contribution in [0.15, 0.2) is 6.33 Å². The molecule has 4 bridgehead atoms. The van der Waals surface area contributed by atoms with Crippen LogP contribution in [0.3, 0.4) is 0 Å². The zero-order valence-electron chi connectivity index (χ0n) is 13.3. The number of hydrogen-bond donors (Lipinski definition) is 0. The van der Waals surface area contributed by atoms with E-state index in [-0.39, 0.29) is 5.54 Å². The number of nitrogens with zero attached hydrogens (tertiary/aromatic N) is 3. The van der Waals surface area contributed by atoms with Crippen molar-refractivity contribution in [1.29, 1.82) is 0 Å².